The zero-order valence-electron chi connectivity index (χ0n) is 14.5. The van der Waals surface area contributed by atoms with E-state index in [1.54, 1.807) is 0 Å². The van der Waals surface area contributed by atoms with Gasteiger partial charge in [-0.2, -0.15) is 18.3 Å². The van der Waals surface area contributed by atoms with Crippen LogP contribution in [0, 0.1) is 0 Å². The molecule has 0 aliphatic carbocycles. The summed E-state index contributed by atoms with van der Waals surface area (Å²) in [6.45, 7) is 0.953. The van der Waals surface area contributed by atoms with E-state index in [9.17, 15) is 18.3 Å². The lowest BCUT2D eigenvalue weighted by atomic mass is 10.1. The SMILES string of the molecule is [O-]C(=NC(=NC1CCCOC1)Nc1cc(C(F)(F)F)[nH]n1)c1ccc(Cl)cc1. The van der Waals surface area contributed by atoms with Gasteiger partial charge >= 0.3 is 6.18 Å². The van der Waals surface area contributed by atoms with Gasteiger partial charge in [-0.1, -0.05) is 23.7 Å². The second-order valence-electron chi connectivity index (χ2n) is 6.04. The van der Waals surface area contributed by atoms with Crippen molar-refractivity contribution in [1.82, 2.24) is 10.2 Å². The molecule has 7 nitrogen and oxygen atoms in total. The van der Waals surface area contributed by atoms with Crippen LogP contribution in [0.5, 0.6) is 0 Å². The number of hydrogen-bond acceptors (Lipinski definition) is 4. The number of nitrogens with zero attached hydrogens (tertiary/aromatic N) is 3. The van der Waals surface area contributed by atoms with Crippen molar-refractivity contribution in [2.45, 2.75) is 25.1 Å². The van der Waals surface area contributed by atoms with Gasteiger partial charge < -0.3 is 15.2 Å². The summed E-state index contributed by atoms with van der Waals surface area (Å²) in [7, 11) is 0. The minimum atomic E-state index is -4.57. The lowest BCUT2D eigenvalue weighted by Gasteiger charge is -2.20. The van der Waals surface area contributed by atoms with E-state index in [-0.39, 0.29) is 23.4 Å². The molecule has 1 unspecified atom stereocenters. The Kier molecular flexibility index (Phi) is 6.20. The van der Waals surface area contributed by atoms with Gasteiger partial charge in [0.25, 0.3) is 0 Å². The number of nitrogens with one attached hydrogen (secondary N) is 2. The molecule has 0 spiro atoms. The highest BCUT2D eigenvalue weighted by molar-refractivity contribution is 6.30. The van der Waals surface area contributed by atoms with E-state index in [0.717, 1.165) is 12.5 Å². The number of aromatic nitrogens is 2. The summed E-state index contributed by atoms with van der Waals surface area (Å²) in [5.74, 6) is -0.919. The van der Waals surface area contributed by atoms with E-state index in [0.29, 0.717) is 24.7 Å². The number of aromatic amines is 1. The molecule has 2 heterocycles. The first-order valence-corrected chi connectivity index (χ1v) is 8.76. The van der Waals surface area contributed by atoms with Crippen molar-refractivity contribution < 1.29 is 23.0 Å². The Morgan fingerprint density at radius 1 is 1.32 bits per heavy atom. The van der Waals surface area contributed by atoms with E-state index in [1.165, 1.54) is 24.3 Å². The summed E-state index contributed by atoms with van der Waals surface area (Å²) >= 11 is 5.80. The molecule has 1 aromatic carbocycles. The zero-order chi connectivity index (χ0) is 20.1. The van der Waals surface area contributed by atoms with Crippen LogP contribution in [0.3, 0.4) is 0 Å². The van der Waals surface area contributed by atoms with E-state index >= 15 is 0 Å². The highest BCUT2D eigenvalue weighted by Gasteiger charge is 2.33. The van der Waals surface area contributed by atoms with Gasteiger partial charge in [-0.25, -0.2) is 9.98 Å². The molecule has 2 aromatic rings. The van der Waals surface area contributed by atoms with Crippen molar-refractivity contribution in [2.24, 2.45) is 9.98 Å². The smallest absolute Gasteiger partial charge is 0.432 e. The number of anilines is 1. The maximum Gasteiger partial charge on any atom is 0.432 e. The minimum absolute atomic E-state index is 0.143. The first-order valence-electron chi connectivity index (χ1n) is 8.38. The molecule has 1 aromatic heterocycles. The maximum atomic E-state index is 12.7. The fourth-order valence-corrected chi connectivity index (χ4v) is 2.61. The Morgan fingerprint density at radius 2 is 2.07 bits per heavy atom. The minimum Gasteiger partial charge on any atom is -0.858 e. The van der Waals surface area contributed by atoms with E-state index in [2.05, 4.69) is 20.4 Å². The third-order valence-corrected chi connectivity index (χ3v) is 4.11. The number of hydrogen-bond donors (Lipinski definition) is 2. The van der Waals surface area contributed by atoms with E-state index < -0.39 is 17.8 Å². The number of H-pyrrole nitrogens is 1. The largest absolute Gasteiger partial charge is 0.858 e. The van der Waals surface area contributed by atoms with Gasteiger partial charge in [-0.15, -0.1) is 0 Å². The first kappa shape index (κ1) is 20.2. The molecule has 1 fully saturated rings. The average Bonchev–Trinajstić information content (AvgIpc) is 3.12. The highest BCUT2D eigenvalue weighted by Crippen LogP contribution is 2.28. The predicted octanol–water partition coefficient (Wildman–Crippen LogP) is 2.84. The molecule has 3 rings (SSSR count). The van der Waals surface area contributed by atoms with Crippen molar-refractivity contribution >= 4 is 29.3 Å². The summed E-state index contributed by atoms with van der Waals surface area (Å²) in [5, 5.41) is 20.9. The van der Waals surface area contributed by atoms with Gasteiger partial charge in [0.15, 0.2) is 5.82 Å². The van der Waals surface area contributed by atoms with Crippen molar-refractivity contribution in [3.8, 4) is 0 Å². The quantitative estimate of drug-likeness (QED) is 0.596. The van der Waals surface area contributed by atoms with Gasteiger partial charge in [0.1, 0.15) is 5.69 Å². The number of alkyl halides is 3. The van der Waals surface area contributed by atoms with Crippen LogP contribution in [0.25, 0.3) is 0 Å². The molecule has 2 N–H and O–H groups in total. The van der Waals surface area contributed by atoms with E-state index in [4.69, 9.17) is 16.3 Å². The average molecular weight is 415 g/mol. The molecular formula is C17H16ClF3N5O2-. The van der Waals surface area contributed by atoms with Gasteiger partial charge in [-0.05, 0) is 36.4 Å². The van der Waals surface area contributed by atoms with Crippen molar-refractivity contribution in [3.05, 3.63) is 46.6 Å². The van der Waals surface area contributed by atoms with Crippen molar-refractivity contribution in [2.75, 3.05) is 18.5 Å². The molecule has 0 bridgehead atoms. The fourth-order valence-electron chi connectivity index (χ4n) is 2.49. The molecule has 0 radical (unpaired) electrons. The molecular weight excluding hydrogens is 399 g/mol. The third-order valence-electron chi connectivity index (χ3n) is 3.86. The Bertz CT molecular complexity index is 858. The van der Waals surface area contributed by atoms with Crippen LogP contribution in [0.1, 0.15) is 24.1 Å². The summed E-state index contributed by atoms with van der Waals surface area (Å²) < 4.78 is 43.6. The van der Waals surface area contributed by atoms with Crippen LogP contribution in [-0.4, -0.2) is 41.3 Å². The number of halogens is 4. The maximum absolute atomic E-state index is 12.7. The molecule has 0 saturated carbocycles. The Labute approximate surface area is 163 Å². The fraction of sp³-hybridized carbons (Fsp3) is 0.353. The second-order valence-corrected chi connectivity index (χ2v) is 6.47. The third kappa shape index (κ3) is 5.46. The van der Waals surface area contributed by atoms with Gasteiger partial charge in [0.05, 0.1) is 12.6 Å². The standard InChI is InChI=1S/C17H17ClF3N5O2/c18-11-5-3-10(4-6-11)15(27)24-16(22-12-2-1-7-28-9-12)23-14-8-13(25-26-14)17(19,20)21/h3-6,8,12H,1-2,7,9H2,(H3,22,23,24,25,26,27)/p-1. The van der Waals surface area contributed by atoms with Crippen LogP contribution in [0.4, 0.5) is 19.0 Å². The predicted molar refractivity (Wildman–Crippen MR) is 96.5 cm³/mol. The van der Waals surface area contributed by atoms with Crippen LogP contribution in [0.15, 0.2) is 40.3 Å². The molecule has 1 aliphatic heterocycles. The number of aliphatic imine (C=N–C) groups is 2. The summed E-state index contributed by atoms with van der Waals surface area (Å²) in [4.78, 5) is 8.22. The normalized spacial score (nSPS) is 18.9. The molecule has 1 saturated heterocycles. The number of benzene rings is 1. The van der Waals surface area contributed by atoms with Crippen LogP contribution >= 0.6 is 11.6 Å². The summed E-state index contributed by atoms with van der Waals surface area (Å²) in [6.07, 6.45) is -3.07. The molecule has 0 amide bonds. The summed E-state index contributed by atoms with van der Waals surface area (Å²) in [6, 6.07) is 6.56. The lowest BCUT2D eigenvalue weighted by molar-refractivity contribution is -0.212. The van der Waals surface area contributed by atoms with Crippen molar-refractivity contribution in [3.63, 3.8) is 0 Å². The zero-order valence-corrected chi connectivity index (χ0v) is 15.2. The first-order chi connectivity index (χ1) is 13.3. The van der Waals surface area contributed by atoms with Crippen molar-refractivity contribution in [1.29, 1.82) is 0 Å². The van der Waals surface area contributed by atoms with Gasteiger partial charge in [0, 0.05) is 17.7 Å². The molecule has 150 valence electrons. The van der Waals surface area contributed by atoms with Gasteiger partial charge in [0.2, 0.25) is 5.96 Å². The Balaban J connectivity index is 1.86. The second kappa shape index (κ2) is 8.61. The number of ether oxygens (including phenoxy) is 1. The highest BCUT2D eigenvalue weighted by atomic mass is 35.5. The monoisotopic (exact) mass is 414 g/mol. The Morgan fingerprint density at radius 3 is 2.68 bits per heavy atom. The number of guanidine groups is 1. The van der Waals surface area contributed by atoms with Crippen LogP contribution in [-0.2, 0) is 10.9 Å². The van der Waals surface area contributed by atoms with Crippen LogP contribution in [0.2, 0.25) is 5.02 Å². The Hall–Kier alpha value is -2.59. The molecule has 1 atom stereocenters. The lowest BCUT2D eigenvalue weighted by Crippen LogP contribution is -2.27. The van der Waals surface area contributed by atoms with Crippen LogP contribution < -0.4 is 10.4 Å². The summed E-state index contributed by atoms with van der Waals surface area (Å²) in [5.41, 5.74) is -0.767. The molecule has 28 heavy (non-hydrogen) atoms. The van der Waals surface area contributed by atoms with Gasteiger partial charge in [-0.3, -0.25) is 5.10 Å². The molecule has 11 heteroatoms. The number of rotatable bonds is 3. The molecule has 1 aliphatic rings. The van der Waals surface area contributed by atoms with E-state index in [1.807, 2.05) is 5.10 Å². The topological polar surface area (TPSA) is 97.7 Å².